The highest BCUT2D eigenvalue weighted by molar-refractivity contribution is 5.96. The molecule has 19 heavy (non-hydrogen) atoms. The number of hydrogen-bond acceptors (Lipinski definition) is 2. The summed E-state index contributed by atoms with van der Waals surface area (Å²) < 4.78 is 0. The topological polar surface area (TPSA) is 32.3 Å². The van der Waals surface area contributed by atoms with Gasteiger partial charge in [-0.2, -0.15) is 0 Å². The molecule has 0 saturated heterocycles. The summed E-state index contributed by atoms with van der Waals surface area (Å²) in [6.45, 7) is 5.67. The molecule has 4 heteroatoms. The van der Waals surface area contributed by atoms with Crippen molar-refractivity contribution in [1.29, 1.82) is 0 Å². The first-order chi connectivity index (χ1) is 8.63. The zero-order valence-electron chi connectivity index (χ0n) is 11.9. The van der Waals surface area contributed by atoms with E-state index in [1.807, 2.05) is 18.9 Å². The van der Waals surface area contributed by atoms with Crippen molar-refractivity contribution in [3.8, 4) is 0 Å². The van der Waals surface area contributed by atoms with E-state index in [1.165, 1.54) is 11.1 Å². The second kappa shape index (κ2) is 6.92. The maximum absolute atomic E-state index is 12.4. The summed E-state index contributed by atoms with van der Waals surface area (Å²) in [6, 6.07) is 6.39. The van der Waals surface area contributed by atoms with Crippen molar-refractivity contribution < 1.29 is 4.79 Å². The van der Waals surface area contributed by atoms with Crippen LogP contribution < -0.4 is 10.2 Å². The maximum Gasteiger partial charge on any atom is 0.231 e. The number of anilines is 1. The van der Waals surface area contributed by atoms with Crippen LogP contribution in [0, 0.1) is 12.8 Å². The molecule has 1 heterocycles. The molecule has 1 amide bonds. The fourth-order valence-electron chi connectivity index (χ4n) is 2.61. The van der Waals surface area contributed by atoms with E-state index in [0.29, 0.717) is 0 Å². The lowest BCUT2D eigenvalue weighted by molar-refractivity contribution is -0.121. The lowest BCUT2D eigenvalue weighted by atomic mass is 9.98. The minimum absolute atomic E-state index is 0. The second-order valence-electron chi connectivity index (χ2n) is 5.18. The Morgan fingerprint density at radius 1 is 1.47 bits per heavy atom. The molecule has 1 aliphatic heterocycles. The number of aryl methyl sites for hydroxylation is 2. The Morgan fingerprint density at radius 3 is 2.89 bits per heavy atom. The zero-order valence-corrected chi connectivity index (χ0v) is 12.7. The third-order valence-electron chi connectivity index (χ3n) is 3.55. The molecular weight excluding hydrogens is 260 g/mol. The van der Waals surface area contributed by atoms with Crippen LogP contribution in [0.5, 0.6) is 0 Å². The number of rotatable bonds is 3. The Hall–Kier alpha value is -1.06. The number of carbonyl (C=O) groups excluding carboxylic acids is 1. The van der Waals surface area contributed by atoms with Crippen LogP contribution in [0.15, 0.2) is 18.2 Å². The average molecular weight is 283 g/mol. The molecule has 1 aromatic rings. The van der Waals surface area contributed by atoms with Gasteiger partial charge in [-0.3, -0.25) is 4.79 Å². The van der Waals surface area contributed by atoms with E-state index < -0.39 is 0 Å². The van der Waals surface area contributed by atoms with Crippen LogP contribution in [0.1, 0.15) is 24.5 Å². The Labute approximate surface area is 121 Å². The number of fused-ring (bicyclic) bond motifs is 1. The van der Waals surface area contributed by atoms with Gasteiger partial charge in [0.1, 0.15) is 0 Å². The third-order valence-corrected chi connectivity index (χ3v) is 3.55. The molecule has 3 nitrogen and oxygen atoms in total. The van der Waals surface area contributed by atoms with Crippen molar-refractivity contribution in [2.75, 3.05) is 25.0 Å². The molecule has 0 aliphatic carbocycles. The van der Waals surface area contributed by atoms with Crippen molar-refractivity contribution >= 4 is 24.0 Å². The minimum atomic E-state index is 0. The van der Waals surface area contributed by atoms with Crippen molar-refractivity contribution in [1.82, 2.24) is 5.32 Å². The van der Waals surface area contributed by atoms with Gasteiger partial charge in [0.2, 0.25) is 5.91 Å². The molecule has 0 saturated carbocycles. The Bertz CT molecular complexity index is 448. The molecular formula is C15H23ClN2O. The monoisotopic (exact) mass is 282 g/mol. The van der Waals surface area contributed by atoms with Crippen molar-refractivity contribution in [2.24, 2.45) is 5.92 Å². The number of amides is 1. The number of nitrogens with zero attached hydrogens (tertiary/aromatic N) is 1. The highest BCUT2D eigenvalue weighted by atomic mass is 35.5. The first-order valence-electron chi connectivity index (χ1n) is 6.69. The lowest BCUT2D eigenvalue weighted by Crippen LogP contribution is -2.41. The molecule has 0 aromatic heterocycles. The number of nitrogens with one attached hydrogen (secondary N) is 1. The predicted octanol–water partition coefficient (Wildman–Crippen LogP) is 2.55. The Balaban J connectivity index is 0.00000180. The van der Waals surface area contributed by atoms with E-state index in [4.69, 9.17) is 0 Å². The molecule has 0 radical (unpaired) electrons. The van der Waals surface area contributed by atoms with Gasteiger partial charge < -0.3 is 10.2 Å². The zero-order chi connectivity index (χ0) is 13.1. The number of benzene rings is 1. The molecule has 0 fully saturated rings. The van der Waals surface area contributed by atoms with Gasteiger partial charge in [0, 0.05) is 24.7 Å². The van der Waals surface area contributed by atoms with E-state index in [1.54, 1.807) is 0 Å². The maximum atomic E-state index is 12.4. The van der Waals surface area contributed by atoms with Crippen LogP contribution in [0.2, 0.25) is 0 Å². The molecule has 1 N–H and O–H groups in total. The quantitative estimate of drug-likeness (QED) is 0.924. The molecule has 1 unspecified atom stereocenters. The highest BCUT2D eigenvalue weighted by Gasteiger charge is 2.25. The van der Waals surface area contributed by atoms with Crippen LogP contribution in [0.25, 0.3) is 0 Å². The first-order valence-corrected chi connectivity index (χ1v) is 6.69. The van der Waals surface area contributed by atoms with Crippen LogP contribution >= 0.6 is 12.4 Å². The standard InChI is InChI=1S/C15H22N2O.ClH/c1-11-6-7-14-13(9-11)5-4-8-17(14)15(18)12(2)10-16-3;/h6-7,9,12,16H,4-5,8,10H2,1-3H3;1H. The van der Waals surface area contributed by atoms with Gasteiger partial charge in [-0.15, -0.1) is 12.4 Å². The molecule has 1 aromatic carbocycles. The van der Waals surface area contributed by atoms with E-state index in [0.717, 1.165) is 31.6 Å². The Kier molecular flexibility index (Phi) is 5.83. The second-order valence-corrected chi connectivity index (χ2v) is 5.18. The normalized spacial score (nSPS) is 15.4. The van der Waals surface area contributed by atoms with Gasteiger partial charge in [-0.1, -0.05) is 24.6 Å². The molecule has 1 atom stereocenters. The SMILES string of the molecule is CNCC(C)C(=O)N1CCCc2cc(C)ccc21.Cl. The largest absolute Gasteiger partial charge is 0.319 e. The van der Waals surface area contributed by atoms with Gasteiger partial charge in [-0.25, -0.2) is 0 Å². The van der Waals surface area contributed by atoms with Gasteiger partial charge in [0.25, 0.3) is 0 Å². The van der Waals surface area contributed by atoms with Crippen LogP contribution in [-0.2, 0) is 11.2 Å². The molecule has 106 valence electrons. The van der Waals surface area contributed by atoms with E-state index >= 15 is 0 Å². The minimum Gasteiger partial charge on any atom is -0.319 e. The van der Waals surface area contributed by atoms with Crippen LogP contribution in [0.3, 0.4) is 0 Å². The summed E-state index contributed by atoms with van der Waals surface area (Å²) >= 11 is 0. The average Bonchev–Trinajstić information content (AvgIpc) is 2.37. The summed E-state index contributed by atoms with van der Waals surface area (Å²) in [5, 5.41) is 3.07. The van der Waals surface area contributed by atoms with Crippen LogP contribution in [0.4, 0.5) is 5.69 Å². The molecule has 2 rings (SSSR count). The third kappa shape index (κ3) is 3.48. The van der Waals surface area contributed by atoms with Gasteiger partial charge in [-0.05, 0) is 38.4 Å². The number of halogens is 1. The fourth-order valence-corrected chi connectivity index (χ4v) is 2.61. The van der Waals surface area contributed by atoms with Crippen molar-refractivity contribution in [3.63, 3.8) is 0 Å². The van der Waals surface area contributed by atoms with E-state index in [9.17, 15) is 4.79 Å². The molecule has 0 spiro atoms. The summed E-state index contributed by atoms with van der Waals surface area (Å²) in [4.78, 5) is 14.4. The molecule has 0 bridgehead atoms. The van der Waals surface area contributed by atoms with Crippen molar-refractivity contribution in [3.05, 3.63) is 29.3 Å². The highest BCUT2D eigenvalue weighted by Crippen LogP contribution is 2.29. The number of carbonyl (C=O) groups is 1. The van der Waals surface area contributed by atoms with Gasteiger partial charge >= 0.3 is 0 Å². The predicted molar refractivity (Wildman–Crippen MR) is 82.2 cm³/mol. The summed E-state index contributed by atoms with van der Waals surface area (Å²) in [5.41, 5.74) is 3.69. The smallest absolute Gasteiger partial charge is 0.231 e. The van der Waals surface area contributed by atoms with Gasteiger partial charge in [0.15, 0.2) is 0 Å². The molecule has 1 aliphatic rings. The first kappa shape index (κ1) is 16.0. The Morgan fingerprint density at radius 2 is 2.21 bits per heavy atom. The van der Waals surface area contributed by atoms with Gasteiger partial charge in [0.05, 0.1) is 0 Å². The summed E-state index contributed by atoms with van der Waals surface area (Å²) in [6.07, 6.45) is 2.15. The summed E-state index contributed by atoms with van der Waals surface area (Å²) in [7, 11) is 1.89. The lowest BCUT2D eigenvalue weighted by Gasteiger charge is -2.31. The van der Waals surface area contributed by atoms with E-state index in [-0.39, 0.29) is 24.2 Å². The van der Waals surface area contributed by atoms with Crippen LogP contribution in [-0.4, -0.2) is 26.0 Å². The van der Waals surface area contributed by atoms with Crippen molar-refractivity contribution in [2.45, 2.75) is 26.7 Å². The summed E-state index contributed by atoms with van der Waals surface area (Å²) in [5.74, 6) is 0.261. The number of hydrogen-bond donors (Lipinski definition) is 1. The fraction of sp³-hybridized carbons (Fsp3) is 0.533. The van der Waals surface area contributed by atoms with E-state index in [2.05, 4.69) is 30.4 Å².